The maximum Gasteiger partial charge on any atom is 0.412 e. The lowest BCUT2D eigenvalue weighted by molar-refractivity contribution is -0.0627. The predicted octanol–water partition coefficient (Wildman–Crippen LogP) is 4.31. The fraction of sp³-hybridized carbons (Fsp3) is 0.500. The number of aryl methyl sites for hydroxylation is 1. The molecule has 0 N–H and O–H groups in total. The first-order valence-electron chi connectivity index (χ1n) is 11.5. The fourth-order valence-electron chi connectivity index (χ4n) is 3.83. The van der Waals surface area contributed by atoms with E-state index in [1.807, 2.05) is 30.3 Å². The minimum absolute atomic E-state index is 0.0916. The van der Waals surface area contributed by atoms with Gasteiger partial charge in [-0.05, 0) is 46.6 Å². The van der Waals surface area contributed by atoms with Crippen LogP contribution < -0.4 is 10.2 Å². The van der Waals surface area contributed by atoms with Gasteiger partial charge in [-0.2, -0.15) is 0 Å². The second kappa shape index (κ2) is 10.5. The Kier molecular flexibility index (Phi) is 7.90. The highest BCUT2D eigenvalue weighted by Crippen LogP contribution is 2.31. The molecule has 1 aromatic heterocycles. The number of esters is 1. The van der Waals surface area contributed by atoms with Gasteiger partial charge in [0.1, 0.15) is 23.7 Å². The Labute approximate surface area is 204 Å². The monoisotopic (exact) mass is 487 g/mol. The first-order valence-corrected chi connectivity index (χ1v) is 11.5. The number of nitrogens with zero attached hydrogens (tertiary/aromatic N) is 1. The molecular weight excluding hydrogens is 454 g/mol. The molecule has 190 valence electrons. The summed E-state index contributed by atoms with van der Waals surface area (Å²) < 4.78 is 27.6. The molecule has 1 amide bonds. The van der Waals surface area contributed by atoms with Crippen LogP contribution in [0.1, 0.15) is 62.9 Å². The standard InChI is InChI=1S/C26H33NO8/c1-25(2,3)35-24(30)27-18(16-33-26(27,4)5)12-13-19-14-20(28)21(22(34-19)23(29)31-6)32-15-17-10-8-7-9-11-17/h7-11,14,18H,12-13,15-16H2,1-6H3. The van der Waals surface area contributed by atoms with Gasteiger partial charge in [0, 0.05) is 12.5 Å². The average Bonchev–Trinajstić information content (AvgIpc) is 3.09. The van der Waals surface area contributed by atoms with Crippen LogP contribution in [0.15, 0.2) is 45.6 Å². The van der Waals surface area contributed by atoms with Crippen LogP contribution in [0.25, 0.3) is 0 Å². The molecule has 0 aliphatic carbocycles. The lowest BCUT2D eigenvalue weighted by Gasteiger charge is -2.35. The SMILES string of the molecule is COC(=O)c1oc(CCC2COC(C)(C)N2C(=O)OC(C)(C)C)cc(=O)c1OCc1ccccc1. The predicted molar refractivity (Wildman–Crippen MR) is 127 cm³/mol. The number of rotatable bonds is 7. The van der Waals surface area contributed by atoms with Crippen molar-refractivity contribution in [3.8, 4) is 5.75 Å². The third kappa shape index (κ3) is 6.63. The second-order valence-corrected chi connectivity index (χ2v) is 9.80. The minimum Gasteiger partial charge on any atom is -0.481 e. The molecule has 1 aliphatic rings. The topological polar surface area (TPSA) is 105 Å². The summed E-state index contributed by atoms with van der Waals surface area (Å²) in [5.41, 5.74) is -1.16. The Hall–Kier alpha value is -3.33. The molecule has 1 atom stereocenters. The van der Waals surface area contributed by atoms with Crippen molar-refractivity contribution in [2.24, 2.45) is 0 Å². The smallest absolute Gasteiger partial charge is 0.412 e. The quantitative estimate of drug-likeness (QED) is 0.532. The molecule has 2 heterocycles. The molecule has 1 aromatic carbocycles. The van der Waals surface area contributed by atoms with E-state index in [0.717, 1.165) is 5.56 Å². The molecule has 0 saturated carbocycles. The van der Waals surface area contributed by atoms with Crippen LogP contribution in [0.2, 0.25) is 0 Å². The molecule has 1 unspecified atom stereocenters. The van der Waals surface area contributed by atoms with Gasteiger partial charge in [-0.1, -0.05) is 30.3 Å². The number of carbonyl (C=O) groups excluding carboxylic acids is 2. The molecule has 35 heavy (non-hydrogen) atoms. The summed E-state index contributed by atoms with van der Waals surface area (Å²) in [6, 6.07) is 10.2. The Bertz CT molecular complexity index is 1100. The summed E-state index contributed by atoms with van der Waals surface area (Å²) in [7, 11) is 1.20. The molecule has 0 spiro atoms. The van der Waals surface area contributed by atoms with Gasteiger partial charge in [-0.25, -0.2) is 9.59 Å². The summed E-state index contributed by atoms with van der Waals surface area (Å²) in [4.78, 5) is 39.6. The average molecular weight is 488 g/mol. The third-order valence-corrected chi connectivity index (χ3v) is 5.44. The largest absolute Gasteiger partial charge is 0.481 e. The zero-order chi connectivity index (χ0) is 25.8. The molecule has 1 aliphatic heterocycles. The van der Waals surface area contributed by atoms with Crippen LogP contribution in [0.4, 0.5) is 4.79 Å². The van der Waals surface area contributed by atoms with Gasteiger partial charge in [0.05, 0.1) is 19.8 Å². The molecular formula is C26H33NO8. The number of ether oxygens (including phenoxy) is 4. The summed E-state index contributed by atoms with van der Waals surface area (Å²) in [6.07, 6.45) is 0.226. The van der Waals surface area contributed by atoms with Crippen molar-refractivity contribution < 1.29 is 33.0 Å². The van der Waals surface area contributed by atoms with Crippen molar-refractivity contribution >= 4 is 12.1 Å². The number of methoxy groups -OCH3 is 1. The van der Waals surface area contributed by atoms with Crippen molar-refractivity contribution in [1.29, 1.82) is 0 Å². The van der Waals surface area contributed by atoms with E-state index in [1.165, 1.54) is 13.2 Å². The van der Waals surface area contributed by atoms with E-state index in [1.54, 1.807) is 39.5 Å². The van der Waals surface area contributed by atoms with E-state index in [9.17, 15) is 14.4 Å². The van der Waals surface area contributed by atoms with Crippen LogP contribution in [0.3, 0.4) is 0 Å². The van der Waals surface area contributed by atoms with E-state index < -0.39 is 28.8 Å². The number of hydrogen-bond acceptors (Lipinski definition) is 8. The maximum atomic E-state index is 12.8. The number of amides is 1. The van der Waals surface area contributed by atoms with Gasteiger partial charge in [0.2, 0.25) is 11.2 Å². The van der Waals surface area contributed by atoms with E-state index >= 15 is 0 Å². The highest BCUT2D eigenvalue weighted by Gasteiger charge is 2.45. The van der Waals surface area contributed by atoms with E-state index in [4.69, 9.17) is 23.4 Å². The lowest BCUT2D eigenvalue weighted by Crippen LogP contribution is -2.49. The van der Waals surface area contributed by atoms with Crippen molar-refractivity contribution in [2.45, 2.75) is 71.4 Å². The lowest BCUT2D eigenvalue weighted by atomic mass is 10.1. The van der Waals surface area contributed by atoms with Gasteiger partial charge in [0.25, 0.3) is 5.76 Å². The highest BCUT2D eigenvalue weighted by molar-refractivity contribution is 5.89. The fourth-order valence-corrected chi connectivity index (χ4v) is 3.83. The second-order valence-electron chi connectivity index (χ2n) is 9.80. The molecule has 9 heteroatoms. The molecule has 2 aromatic rings. The first kappa shape index (κ1) is 26.3. The Morgan fingerprint density at radius 2 is 1.86 bits per heavy atom. The molecule has 1 saturated heterocycles. The summed E-state index contributed by atoms with van der Waals surface area (Å²) in [5.74, 6) is -1.04. The van der Waals surface area contributed by atoms with Crippen molar-refractivity contribution in [1.82, 2.24) is 4.90 Å². The molecule has 0 bridgehead atoms. The zero-order valence-electron chi connectivity index (χ0n) is 21.1. The van der Waals surface area contributed by atoms with Crippen LogP contribution in [0, 0.1) is 0 Å². The van der Waals surface area contributed by atoms with Gasteiger partial charge >= 0.3 is 12.1 Å². The van der Waals surface area contributed by atoms with Crippen LogP contribution in [-0.2, 0) is 27.2 Å². The van der Waals surface area contributed by atoms with Crippen molar-refractivity contribution in [3.63, 3.8) is 0 Å². The molecule has 3 rings (SSSR count). The first-order chi connectivity index (χ1) is 16.4. The Balaban J connectivity index is 1.78. The zero-order valence-corrected chi connectivity index (χ0v) is 21.1. The molecule has 1 fully saturated rings. The van der Waals surface area contributed by atoms with Gasteiger partial charge in [-0.15, -0.1) is 0 Å². The molecule has 9 nitrogen and oxygen atoms in total. The van der Waals surface area contributed by atoms with E-state index in [-0.39, 0.29) is 36.3 Å². The highest BCUT2D eigenvalue weighted by atomic mass is 16.6. The maximum absolute atomic E-state index is 12.8. The summed E-state index contributed by atoms with van der Waals surface area (Å²) in [5, 5.41) is 0. The summed E-state index contributed by atoms with van der Waals surface area (Å²) >= 11 is 0. The van der Waals surface area contributed by atoms with E-state index in [2.05, 4.69) is 0 Å². The van der Waals surface area contributed by atoms with Crippen molar-refractivity contribution in [2.75, 3.05) is 13.7 Å². The van der Waals surface area contributed by atoms with Gasteiger partial charge in [0.15, 0.2) is 0 Å². The third-order valence-electron chi connectivity index (χ3n) is 5.44. The Morgan fingerprint density at radius 1 is 1.17 bits per heavy atom. The van der Waals surface area contributed by atoms with E-state index in [0.29, 0.717) is 13.0 Å². The number of benzene rings is 1. The van der Waals surface area contributed by atoms with Crippen LogP contribution in [-0.4, -0.2) is 48.0 Å². The number of hydrogen-bond donors (Lipinski definition) is 0. The summed E-state index contributed by atoms with van der Waals surface area (Å²) in [6.45, 7) is 9.39. The Morgan fingerprint density at radius 3 is 2.49 bits per heavy atom. The van der Waals surface area contributed by atoms with Crippen LogP contribution >= 0.6 is 0 Å². The van der Waals surface area contributed by atoms with Crippen LogP contribution in [0.5, 0.6) is 5.75 Å². The van der Waals surface area contributed by atoms with Crippen molar-refractivity contribution in [3.05, 3.63) is 63.7 Å². The molecule has 0 radical (unpaired) electrons. The normalized spacial score (nSPS) is 17.2. The minimum atomic E-state index is -0.847. The number of carbonyl (C=O) groups is 2. The van der Waals surface area contributed by atoms with Gasteiger partial charge in [-0.3, -0.25) is 9.69 Å². The van der Waals surface area contributed by atoms with Gasteiger partial charge < -0.3 is 23.4 Å².